The van der Waals surface area contributed by atoms with Crippen LogP contribution in [-0.4, -0.2) is 24.3 Å². The van der Waals surface area contributed by atoms with E-state index in [1.165, 1.54) is 0 Å². The van der Waals surface area contributed by atoms with E-state index in [0.717, 1.165) is 0 Å². The molecule has 0 unspecified atom stereocenters. The normalized spacial score (nSPS) is 9.88. The van der Waals surface area contributed by atoms with Crippen LogP contribution in [0.2, 0.25) is 0 Å². The minimum atomic E-state index is -0.464. The van der Waals surface area contributed by atoms with Gasteiger partial charge in [0, 0.05) is 24.1 Å². The summed E-state index contributed by atoms with van der Waals surface area (Å²) in [5.41, 5.74) is 5.63. The van der Waals surface area contributed by atoms with Gasteiger partial charge >= 0.3 is 0 Å². The number of hydrogen-bond acceptors (Lipinski definition) is 4. The molecule has 0 aliphatic heterocycles. The second kappa shape index (κ2) is 9.83. The van der Waals surface area contributed by atoms with Crippen LogP contribution in [0.25, 0.3) is 0 Å². The first-order chi connectivity index (χ1) is 12.6. The predicted octanol–water partition coefficient (Wildman–Crippen LogP) is 2.27. The molecule has 3 N–H and O–H groups in total. The zero-order chi connectivity index (χ0) is 18.8. The number of amides is 3. The lowest BCUT2D eigenvalue weighted by Crippen LogP contribution is -2.41. The van der Waals surface area contributed by atoms with E-state index in [1.807, 2.05) is 13.0 Å². The summed E-state index contributed by atoms with van der Waals surface area (Å²) in [5.74, 6) is -0.623. The highest BCUT2D eigenvalue weighted by molar-refractivity contribution is 5.96. The first-order valence-corrected chi connectivity index (χ1v) is 8.25. The molecule has 26 heavy (non-hydrogen) atoms. The number of rotatable bonds is 7. The second-order valence-electron chi connectivity index (χ2n) is 5.38. The van der Waals surface area contributed by atoms with Gasteiger partial charge in [-0.15, -0.1) is 0 Å². The Bertz CT molecular complexity index is 762. The number of hydrogen-bond donors (Lipinski definition) is 3. The highest BCUT2D eigenvalue weighted by Gasteiger charge is 2.10. The van der Waals surface area contributed by atoms with Gasteiger partial charge in [0.25, 0.3) is 5.91 Å². The number of anilines is 1. The number of nitrogens with one attached hydrogen (secondary N) is 3. The van der Waals surface area contributed by atoms with Crippen LogP contribution >= 0.6 is 0 Å². The number of carbonyl (C=O) groups is 3. The van der Waals surface area contributed by atoms with Crippen molar-refractivity contribution in [2.75, 3.05) is 11.9 Å². The van der Waals surface area contributed by atoms with Crippen molar-refractivity contribution >= 4 is 23.4 Å². The molecule has 0 aromatic heterocycles. The third-order valence-electron chi connectivity index (χ3n) is 3.36. The Balaban J connectivity index is 1.73. The minimum absolute atomic E-state index is 0.0103. The van der Waals surface area contributed by atoms with Crippen molar-refractivity contribution in [1.29, 1.82) is 0 Å². The van der Waals surface area contributed by atoms with Crippen LogP contribution in [0.1, 0.15) is 30.1 Å². The Labute approximate surface area is 151 Å². The first kappa shape index (κ1) is 19.0. The van der Waals surface area contributed by atoms with Gasteiger partial charge in [-0.2, -0.15) is 0 Å². The third kappa shape index (κ3) is 6.27. The lowest BCUT2D eigenvalue weighted by atomic mass is 10.2. The zero-order valence-electron chi connectivity index (χ0n) is 14.5. The molecular weight excluding hydrogens is 334 g/mol. The topological polar surface area (TPSA) is 96.5 Å². The Hall–Kier alpha value is -3.35. The largest absolute Gasteiger partial charge is 0.494 e. The average Bonchev–Trinajstić information content (AvgIpc) is 2.66. The van der Waals surface area contributed by atoms with Crippen molar-refractivity contribution in [1.82, 2.24) is 10.9 Å². The summed E-state index contributed by atoms with van der Waals surface area (Å²) in [7, 11) is 0. The third-order valence-corrected chi connectivity index (χ3v) is 3.36. The van der Waals surface area contributed by atoms with Crippen molar-refractivity contribution < 1.29 is 19.1 Å². The van der Waals surface area contributed by atoms with Crippen LogP contribution in [0.15, 0.2) is 54.6 Å². The Morgan fingerprint density at radius 1 is 0.885 bits per heavy atom. The molecule has 0 aliphatic carbocycles. The molecule has 0 saturated heterocycles. The van der Waals surface area contributed by atoms with E-state index in [9.17, 15) is 14.4 Å². The minimum Gasteiger partial charge on any atom is -0.494 e. The Kier molecular flexibility index (Phi) is 7.17. The van der Waals surface area contributed by atoms with Gasteiger partial charge in [0.1, 0.15) is 5.75 Å². The summed E-state index contributed by atoms with van der Waals surface area (Å²) in [6, 6.07) is 15.6. The maximum atomic E-state index is 12.0. The molecule has 2 aromatic rings. The highest BCUT2D eigenvalue weighted by Crippen LogP contribution is 2.13. The van der Waals surface area contributed by atoms with Gasteiger partial charge in [-0.1, -0.05) is 24.3 Å². The fourth-order valence-corrected chi connectivity index (χ4v) is 2.13. The molecule has 0 atom stereocenters. The van der Waals surface area contributed by atoms with Gasteiger partial charge in [-0.3, -0.25) is 25.2 Å². The standard InChI is InChI=1S/C19H21N3O4/c1-2-26-16-10-6-7-14(13-16)19(25)22-21-18(24)12-11-17(23)20-15-8-4-3-5-9-15/h3-10,13H,2,11-12H2,1H3,(H,20,23)(H,21,24)(H,22,25). The Morgan fingerprint density at radius 2 is 1.62 bits per heavy atom. The van der Waals surface area contributed by atoms with Crippen molar-refractivity contribution in [3.05, 3.63) is 60.2 Å². The van der Waals surface area contributed by atoms with Crippen LogP contribution in [0, 0.1) is 0 Å². The summed E-state index contributed by atoms with van der Waals surface area (Å²) in [4.78, 5) is 35.6. The van der Waals surface area contributed by atoms with Gasteiger partial charge in [-0.05, 0) is 37.3 Å². The van der Waals surface area contributed by atoms with E-state index >= 15 is 0 Å². The first-order valence-electron chi connectivity index (χ1n) is 8.25. The summed E-state index contributed by atoms with van der Waals surface area (Å²) in [6.45, 7) is 2.34. The monoisotopic (exact) mass is 355 g/mol. The molecule has 7 heteroatoms. The van der Waals surface area contributed by atoms with E-state index in [4.69, 9.17) is 4.74 Å². The molecule has 2 rings (SSSR count). The van der Waals surface area contributed by atoms with Crippen molar-refractivity contribution in [2.45, 2.75) is 19.8 Å². The molecule has 0 radical (unpaired) electrons. The molecule has 0 spiro atoms. The van der Waals surface area contributed by atoms with Crippen molar-refractivity contribution in [3.63, 3.8) is 0 Å². The van der Waals surface area contributed by atoms with Gasteiger partial charge in [0.05, 0.1) is 6.61 Å². The summed E-state index contributed by atoms with van der Waals surface area (Å²) >= 11 is 0. The highest BCUT2D eigenvalue weighted by atomic mass is 16.5. The second-order valence-corrected chi connectivity index (χ2v) is 5.38. The van der Waals surface area contributed by atoms with Crippen LogP contribution in [0.4, 0.5) is 5.69 Å². The predicted molar refractivity (Wildman–Crippen MR) is 97.5 cm³/mol. The molecule has 0 saturated carbocycles. The molecule has 136 valence electrons. The molecular formula is C19H21N3O4. The zero-order valence-corrected chi connectivity index (χ0v) is 14.5. The van der Waals surface area contributed by atoms with Gasteiger partial charge in [0.15, 0.2) is 0 Å². The molecule has 3 amide bonds. The number of benzene rings is 2. The molecule has 7 nitrogen and oxygen atoms in total. The van der Waals surface area contributed by atoms with E-state index in [-0.39, 0.29) is 18.7 Å². The van der Waals surface area contributed by atoms with Crippen LogP contribution < -0.4 is 20.9 Å². The summed E-state index contributed by atoms with van der Waals surface area (Å²) in [6.07, 6.45) is -0.0334. The fraction of sp³-hybridized carbons (Fsp3) is 0.211. The van der Waals surface area contributed by atoms with Crippen LogP contribution in [-0.2, 0) is 9.59 Å². The lowest BCUT2D eigenvalue weighted by Gasteiger charge is -2.09. The molecule has 0 fully saturated rings. The van der Waals surface area contributed by atoms with Gasteiger partial charge < -0.3 is 10.1 Å². The number of para-hydroxylation sites is 1. The van der Waals surface area contributed by atoms with Crippen LogP contribution in [0.3, 0.4) is 0 Å². The fourth-order valence-electron chi connectivity index (χ4n) is 2.13. The molecule has 0 heterocycles. The average molecular weight is 355 g/mol. The summed E-state index contributed by atoms with van der Waals surface area (Å²) in [5, 5.41) is 2.69. The lowest BCUT2D eigenvalue weighted by molar-refractivity contribution is -0.124. The maximum absolute atomic E-state index is 12.0. The van der Waals surface area contributed by atoms with E-state index in [2.05, 4.69) is 16.2 Å². The Morgan fingerprint density at radius 3 is 2.35 bits per heavy atom. The summed E-state index contributed by atoms with van der Waals surface area (Å²) < 4.78 is 5.32. The number of ether oxygens (including phenoxy) is 1. The molecule has 2 aromatic carbocycles. The van der Waals surface area contributed by atoms with Crippen LogP contribution in [0.5, 0.6) is 5.75 Å². The number of hydrazine groups is 1. The van der Waals surface area contributed by atoms with Crippen molar-refractivity contribution in [3.8, 4) is 5.75 Å². The molecule has 0 bridgehead atoms. The van der Waals surface area contributed by atoms with E-state index in [0.29, 0.717) is 23.6 Å². The SMILES string of the molecule is CCOc1cccc(C(=O)NNC(=O)CCC(=O)Nc2ccccc2)c1. The quantitative estimate of drug-likeness (QED) is 0.664. The molecule has 0 aliphatic rings. The van der Waals surface area contributed by atoms with Gasteiger partial charge in [0.2, 0.25) is 11.8 Å². The van der Waals surface area contributed by atoms with Crippen molar-refractivity contribution in [2.24, 2.45) is 0 Å². The number of carbonyl (C=O) groups excluding carboxylic acids is 3. The smallest absolute Gasteiger partial charge is 0.269 e. The van der Waals surface area contributed by atoms with E-state index in [1.54, 1.807) is 48.5 Å². The maximum Gasteiger partial charge on any atom is 0.269 e. The van der Waals surface area contributed by atoms with E-state index < -0.39 is 11.8 Å². The van der Waals surface area contributed by atoms with Gasteiger partial charge in [-0.25, -0.2) is 0 Å².